The van der Waals surface area contributed by atoms with Gasteiger partial charge in [0, 0.05) is 63.6 Å². The Kier molecular flexibility index (Phi) is 10.6. The fourth-order valence-corrected chi connectivity index (χ4v) is 9.16. The summed E-state index contributed by atoms with van der Waals surface area (Å²) >= 11 is 0. The number of fused-ring (bicyclic) bond motifs is 2. The summed E-state index contributed by atoms with van der Waals surface area (Å²) in [4.78, 5) is 67.5. The highest BCUT2D eigenvalue weighted by atomic mass is 19.4. The Morgan fingerprint density at radius 3 is 2.44 bits per heavy atom. The van der Waals surface area contributed by atoms with Gasteiger partial charge in [-0.25, -0.2) is 4.79 Å². The number of piperidine rings is 2. The highest BCUT2D eigenvalue weighted by Gasteiger charge is 2.45. The molecule has 9 rings (SSSR count). The molecule has 4 aliphatic rings. The molecule has 0 radical (unpaired) electrons. The predicted molar refractivity (Wildman–Crippen MR) is 214 cm³/mol. The van der Waals surface area contributed by atoms with Crippen molar-refractivity contribution in [3.8, 4) is 5.69 Å². The first-order chi connectivity index (χ1) is 29.4. The van der Waals surface area contributed by atoms with Crippen LogP contribution in [0.1, 0.15) is 94.1 Å². The Morgan fingerprint density at radius 2 is 1.74 bits per heavy atom. The smallest absolute Gasteiger partial charge is 0.382 e. The van der Waals surface area contributed by atoms with Crippen LogP contribution in [0, 0.1) is 5.92 Å². The molecule has 5 aromatic rings. The molecule has 2 atom stereocenters. The van der Waals surface area contributed by atoms with Gasteiger partial charge in [-0.2, -0.15) is 13.2 Å². The lowest BCUT2D eigenvalue weighted by molar-refractivity contribution is -0.137. The first kappa shape index (κ1) is 40.3. The predicted octanol–water partition coefficient (Wildman–Crippen LogP) is 4.66. The molecule has 3 fully saturated rings. The minimum Gasteiger partial charge on any atom is -0.382 e. The van der Waals surface area contributed by atoms with Crippen LogP contribution < -0.4 is 16.3 Å². The number of hydrogen-bond acceptors (Lipinski definition) is 10. The third-order valence-electron chi connectivity index (χ3n) is 12.5. The number of pyridine rings is 1. The van der Waals surface area contributed by atoms with Crippen molar-refractivity contribution in [3.63, 3.8) is 0 Å². The summed E-state index contributed by atoms with van der Waals surface area (Å²) in [6, 6.07) is 12.3. The van der Waals surface area contributed by atoms with Gasteiger partial charge in [0.2, 0.25) is 11.8 Å². The van der Waals surface area contributed by atoms with E-state index in [-0.39, 0.29) is 54.7 Å². The number of benzene rings is 2. The van der Waals surface area contributed by atoms with Gasteiger partial charge in [-0.3, -0.25) is 43.3 Å². The molecule has 18 heteroatoms. The maximum absolute atomic E-state index is 14.6. The van der Waals surface area contributed by atoms with Crippen LogP contribution in [0.5, 0.6) is 0 Å². The summed E-state index contributed by atoms with van der Waals surface area (Å²) in [6.45, 7) is 1.93. The molecule has 318 valence electrons. The molecule has 1 unspecified atom stereocenters. The number of rotatable bonds is 12. The molecule has 0 spiro atoms. The van der Waals surface area contributed by atoms with Crippen LogP contribution in [0.15, 0.2) is 72.0 Å². The number of carbonyl (C=O) groups excluding carboxylic acids is 4. The normalized spacial score (nSPS) is 19.7. The quantitative estimate of drug-likeness (QED) is 0.133. The van der Waals surface area contributed by atoms with Gasteiger partial charge in [0.15, 0.2) is 0 Å². The second-order valence-electron chi connectivity index (χ2n) is 16.3. The highest BCUT2D eigenvalue weighted by Crippen LogP contribution is 2.43. The maximum Gasteiger partial charge on any atom is 0.418 e. The summed E-state index contributed by atoms with van der Waals surface area (Å²) in [6.07, 6.45) is 4.13. The lowest BCUT2D eigenvalue weighted by Crippen LogP contribution is -2.54. The van der Waals surface area contributed by atoms with E-state index in [2.05, 4.69) is 20.8 Å². The molecule has 6 heterocycles. The zero-order chi connectivity index (χ0) is 42.6. The van der Waals surface area contributed by atoms with Crippen LogP contribution in [0.4, 0.5) is 18.9 Å². The van der Waals surface area contributed by atoms with Crippen molar-refractivity contribution in [2.24, 2.45) is 13.0 Å². The molecule has 1 aliphatic carbocycles. The molecule has 4 amide bonds. The minimum absolute atomic E-state index is 0.0278. The third kappa shape index (κ3) is 7.62. The van der Waals surface area contributed by atoms with Crippen molar-refractivity contribution in [1.29, 1.82) is 0 Å². The number of amides is 4. The first-order valence-electron chi connectivity index (χ1n) is 20.6. The number of nitrogens with one attached hydrogen (secondary N) is 2. The summed E-state index contributed by atoms with van der Waals surface area (Å²) < 4.78 is 54.2. The summed E-state index contributed by atoms with van der Waals surface area (Å²) in [5.41, 5.74) is 0.829. The van der Waals surface area contributed by atoms with Crippen LogP contribution >= 0.6 is 0 Å². The molecular formula is C43H44F3N9O6. The van der Waals surface area contributed by atoms with E-state index in [0.29, 0.717) is 55.3 Å². The van der Waals surface area contributed by atoms with Gasteiger partial charge in [-0.1, -0.05) is 24.6 Å². The first-order valence-corrected chi connectivity index (χ1v) is 20.6. The average molecular weight is 840 g/mol. The van der Waals surface area contributed by atoms with Gasteiger partial charge in [0.25, 0.3) is 11.8 Å². The van der Waals surface area contributed by atoms with E-state index in [9.17, 15) is 37.1 Å². The molecular weight excluding hydrogens is 796 g/mol. The zero-order valence-electron chi connectivity index (χ0n) is 33.4. The number of ether oxygens (including phenoxy) is 1. The Hall–Kier alpha value is -6.14. The summed E-state index contributed by atoms with van der Waals surface area (Å²) in [5.74, 6) is -1.22. The number of hydrogen-bond donors (Lipinski definition) is 2. The number of anilines is 1. The maximum atomic E-state index is 14.6. The van der Waals surface area contributed by atoms with E-state index < -0.39 is 47.1 Å². The van der Waals surface area contributed by atoms with Crippen LogP contribution in [0.25, 0.3) is 11.2 Å². The highest BCUT2D eigenvalue weighted by molar-refractivity contribution is 6.25. The average Bonchev–Trinajstić information content (AvgIpc) is 3.87. The minimum atomic E-state index is -4.70. The van der Waals surface area contributed by atoms with E-state index in [1.165, 1.54) is 23.0 Å². The standard InChI is InChI=1S/C43H44F3N9O6/c1-51-24-48-50-38(51)36(26-5-2-6-26)27-7-3-8-28(20-27)53-23-34-31(43(44,45)46)19-25(22-54(34)42(53)60)21-52-16-13-29(14-17-52)61-18-15-47-32-10-4-9-30-37(32)41(59)55(40(30)58)33-11-12-35(56)49-39(33)57/h3-4,7-10,19-20,22-24,26,29,33,36,47H,2,5-6,11-18,21H2,1H3,(H,49,56,57)/t33?,36-/m1/s1. The molecule has 0 bridgehead atoms. The van der Waals surface area contributed by atoms with E-state index >= 15 is 0 Å². The van der Waals surface area contributed by atoms with Gasteiger partial charge in [-0.05, 0) is 79.5 Å². The molecule has 2 N–H and O–H groups in total. The number of halogens is 3. The van der Waals surface area contributed by atoms with Crippen molar-refractivity contribution >= 4 is 34.8 Å². The lowest BCUT2D eigenvalue weighted by atomic mass is 9.72. The van der Waals surface area contributed by atoms with Crippen molar-refractivity contribution in [1.82, 2.24) is 38.8 Å². The number of nitrogens with zero attached hydrogens (tertiary/aromatic N) is 7. The van der Waals surface area contributed by atoms with Gasteiger partial charge >= 0.3 is 11.9 Å². The topological polar surface area (TPSA) is 165 Å². The van der Waals surface area contributed by atoms with Crippen LogP contribution in [-0.4, -0.2) is 95.5 Å². The Morgan fingerprint density at radius 1 is 0.951 bits per heavy atom. The van der Waals surface area contributed by atoms with Crippen molar-refractivity contribution in [3.05, 3.63) is 111 Å². The van der Waals surface area contributed by atoms with E-state index in [1.54, 1.807) is 24.5 Å². The van der Waals surface area contributed by atoms with Crippen LogP contribution in [0.2, 0.25) is 0 Å². The fraction of sp³-hybridized carbons (Fsp3) is 0.419. The molecule has 1 saturated carbocycles. The lowest BCUT2D eigenvalue weighted by Gasteiger charge is -2.33. The van der Waals surface area contributed by atoms with Crippen LogP contribution in [-0.2, 0) is 34.1 Å². The Balaban J connectivity index is 0.837. The number of imide groups is 2. The molecule has 2 aromatic carbocycles. The molecule has 3 aromatic heterocycles. The number of aromatic nitrogens is 5. The number of alkyl halides is 3. The van der Waals surface area contributed by atoms with Gasteiger partial charge in [0.1, 0.15) is 18.2 Å². The summed E-state index contributed by atoms with van der Waals surface area (Å²) in [7, 11) is 1.89. The largest absolute Gasteiger partial charge is 0.418 e. The Labute approximate surface area is 347 Å². The van der Waals surface area contributed by atoms with E-state index in [1.807, 2.05) is 34.7 Å². The number of likely N-dealkylation sites (tertiary alicyclic amines) is 1. The van der Waals surface area contributed by atoms with Crippen molar-refractivity contribution < 1.29 is 37.1 Å². The monoisotopic (exact) mass is 839 g/mol. The fourth-order valence-electron chi connectivity index (χ4n) is 9.16. The number of carbonyl (C=O) groups is 4. The molecule has 2 saturated heterocycles. The second-order valence-corrected chi connectivity index (χ2v) is 16.3. The van der Waals surface area contributed by atoms with Gasteiger partial charge < -0.3 is 14.6 Å². The number of imidazole rings is 1. The van der Waals surface area contributed by atoms with Crippen molar-refractivity contribution in [2.75, 3.05) is 31.6 Å². The SMILES string of the molecule is Cn1cnnc1[C@@H](c1cccc(-n2cc3c(C(F)(F)F)cc(CN4CCC(OCCNc5cccc6c5C(=O)N(C5CCC(=O)NC5=O)C6=O)CC4)cn3c2=O)c1)C1CCC1. The van der Waals surface area contributed by atoms with Crippen LogP contribution in [0.3, 0.4) is 0 Å². The van der Waals surface area contributed by atoms with Gasteiger partial charge in [0.05, 0.1) is 40.6 Å². The zero-order valence-corrected chi connectivity index (χ0v) is 33.4. The molecule has 3 aliphatic heterocycles. The molecule has 15 nitrogen and oxygen atoms in total. The number of aryl methyl sites for hydroxylation is 1. The third-order valence-corrected chi connectivity index (χ3v) is 12.5. The van der Waals surface area contributed by atoms with Gasteiger partial charge in [-0.15, -0.1) is 10.2 Å². The van der Waals surface area contributed by atoms with Crippen molar-refractivity contribution in [2.45, 2.75) is 75.7 Å². The van der Waals surface area contributed by atoms with E-state index in [4.69, 9.17) is 4.74 Å². The second kappa shape index (κ2) is 16.0. The van der Waals surface area contributed by atoms with E-state index in [0.717, 1.165) is 46.0 Å². The summed E-state index contributed by atoms with van der Waals surface area (Å²) in [5, 5.41) is 13.8. The molecule has 61 heavy (non-hydrogen) atoms. The Bertz CT molecular complexity index is 2610.